The summed E-state index contributed by atoms with van der Waals surface area (Å²) in [5.41, 5.74) is 0.228. The zero-order chi connectivity index (χ0) is 15.2. The van der Waals surface area contributed by atoms with Gasteiger partial charge in [-0.2, -0.15) is 5.26 Å². The Bertz CT molecular complexity index is 601. The van der Waals surface area contributed by atoms with Gasteiger partial charge in [-0.15, -0.1) is 0 Å². The van der Waals surface area contributed by atoms with Crippen molar-refractivity contribution in [1.82, 2.24) is 4.72 Å². The van der Waals surface area contributed by atoms with Crippen LogP contribution in [0.5, 0.6) is 0 Å². The normalized spacial score (nSPS) is 12.9. The number of sulfonamides is 1. The molecule has 1 rings (SSSR count). The number of nitrogens with zero attached hydrogens (tertiary/aromatic N) is 1. The molecular formula is C12H14ClFN2O3S. The molecule has 0 fully saturated rings. The number of rotatable bonds is 7. The van der Waals surface area contributed by atoms with Gasteiger partial charge in [-0.05, 0) is 24.1 Å². The minimum Gasteiger partial charge on any atom is -0.387 e. The third-order valence-electron chi connectivity index (χ3n) is 2.53. The first kappa shape index (κ1) is 16.9. The van der Waals surface area contributed by atoms with E-state index in [1.165, 1.54) is 12.1 Å². The monoisotopic (exact) mass is 320 g/mol. The van der Waals surface area contributed by atoms with Crippen LogP contribution in [0.25, 0.3) is 0 Å². The van der Waals surface area contributed by atoms with Gasteiger partial charge in [-0.3, -0.25) is 0 Å². The summed E-state index contributed by atoms with van der Waals surface area (Å²) < 4.78 is 38.5. The number of hydrogen-bond acceptors (Lipinski definition) is 4. The third kappa shape index (κ3) is 5.43. The lowest BCUT2D eigenvalue weighted by molar-refractivity contribution is 0.181. The van der Waals surface area contributed by atoms with Crippen molar-refractivity contribution in [3.8, 4) is 6.07 Å². The van der Waals surface area contributed by atoms with Gasteiger partial charge in [0.2, 0.25) is 10.0 Å². The Morgan fingerprint density at radius 2 is 2.20 bits per heavy atom. The molecule has 110 valence electrons. The number of nitriles is 1. The fourth-order valence-corrected chi connectivity index (χ4v) is 2.65. The van der Waals surface area contributed by atoms with Crippen LogP contribution in [0.15, 0.2) is 18.2 Å². The first-order valence-corrected chi connectivity index (χ1v) is 7.86. The predicted molar refractivity (Wildman–Crippen MR) is 73.0 cm³/mol. The van der Waals surface area contributed by atoms with E-state index in [0.717, 1.165) is 6.07 Å². The Balaban J connectivity index is 2.56. The van der Waals surface area contributed by atoms with Crippen molar-refractivity contribution < 1.29 is 17.9 Å². The first-order chi connectivity index (χ1) is 9.35. The fourth-order valence-electron chi connectivity index (χ4n) is 1.46. The lowest BCUT2D eigenvalue weighted by atomic mass is 10.1. The van der Waals surface area contributed by atoms with E-state index in [2.05, 4.69) is 4.72 Å². The lowest BCUT2D eigenvalue weighted by Crippen LogP contribution is -2.30. The van der Waals surface area contributed by atoms with Crippen molar-refractivity contribution in [2.75, 3.05) is 12.3 Å². The van der Waals surface area contributed by atoms with Gasteiger partial charge in [0, 0.05) is 13.0 Å². The van der Waals surface area contributed by atoms with E-state index in [0.29, 0.717) is 0 Å². The largest absolute Gasteiger partial charge is 0.387 e. The molecule has 0 aromatic heterocycles. The second kappa shape index (κ2) is 7.55. The molecule has 0 spiro atoms. The number of unbranched alkanes of at least 4 members (excludes halogenated alkanes) is 1. The zero-order valence-corrected chi connectivity index (χ0v) is 12.1. The van der Waals surface area contributed by atoms with E-state index in [9.17, 15) is 17.9 Å². The summed E-state index contributed by atoms with van der Waals surface area (Å²) in [5.74, 6) is -0.873. The maximum absolute atomic E-state index is 13.2. The summed E-state index contributed by atoms with van der Waals surface area (Å²) in [6.07, 6.45) is -0.809. The average molecular weight is 321 g/mol. The van der Waals surface area contributed by atoms with Crippen LogP contribution in [0.1, 0.15) is 24.5 Å². The summed E-state index contributed by atoms with van der Waals surface area (Å²) in [5, 5.41) is 18.0. The predicted octanol–water partition coefficient (Wildman–Crippen LogP) is 1.74. The van der Waals surface area contributed by atoms with Crippen LogP contribution in [0.3, 0.4) is 0 Å². The topological polar surface area (TPSA) is 90.2 Å². The highest BCUT2D eigenvalue weighted by molar-refractivity contribution is 7.89. The van der Waals surface area contributed by atoms with Gasteiger partial charge in [0.1, 0.15) is 5.82 Å². The molecule has 1 aromatic rings. The van der Waals surface area contributed by atoms with E-state index in [-0.39, 0.29) is 35.7 Å². The molecule has 0 radical (unpaired) electrons. The van der Waals surface area contributed by atoms with E-state index in [1.54, 1.807) is 0 Å². The molecule has 20 heavy (non-hydrogen) atoms. The quantitative estimate of drug-likeness (QED) is 0.749. The summed E-state index contributed by atoms with van der Waals surface area (Å²) in [7, 11) is -3.56. The van der Waals surface area contributed by atoms with Crippen LogP contribution in [0.4, 0.5) is 4.39 Å². The van der Waals surface area contributed by atoms with Crippen LogP contribution in [0.2, 0.25) is 5.02 Å². The molecule has 0 heterocycles. The second-order valence-electron chi connectivity index (χ2n) is 4.12. The first-order valence-electron chi connectivity index (χ1n) is 5.83. The maximum Gasteiger partial charge on any atom is 0.211 e. The van der Waals surface area contributed by atoms with Gasteiger partial charge in [0.25, 0.3) is 0 Å². The number of benzene rings is 1. The second-order valence-corrected chi connectivity index (χ2v) is 6.45. The van der Waals surface area contributed by atoms with Crippen molar-refractivity contribution in [2.45, 2.75) is 18.9 Å². The van der Waals surface area contributed by atoms with Gasteiger partial charge < -0.3 is 5.11 Å². The van der Waals surface area contributed by atoms with Gasteiger partial charge in [0.15, 0.2) is 0 Å². The summed E-state index contributed by atoms with van der Waals surface area (Å²) in [6, 6.07) is 5.60. The molecule has 8 heteroatoms. The molecule has 1 aromatic carbocycles. The molecule has 0 saturated heterocycles. The summed E-state index contributed by atoms with van der Waals surface area (Å²) in [4.78, 5) is 0. The van der Waals surface area contributed by atoms with E-state index in [4.69, 9.17) is 16.9 Å². The Morgan fingerprint density at radius 1 is 1.50 bits per heavy atom. The van der Waals surface area contributed by atoms with Crippen LogP contribution in [-0.2, 0) is 10.0 Å². The van der Waals surface area contributed by atoms with Crippen molar-refractivity contribution in [2.24, 2.45) is 0 Å². The molecule has 5 nitrogen and oxygen atoms in total. The van der Waals surface area contributed by atoms with Crippen molar-refractivity contribution in [3.05, 3.63) is 34.6 Å². The number of aliphatic hydroxyl groups excluding tert-OH is 1. The zero-order valence-electron chi connectivity index (χ0n) is 10.5. The lowest BCUT2D eigenvalue weighted by Gasteiger charge is -2.12. The fraction of sp³-hybridized carbons (Fsp3) is 0.417. The smallest absolute Gasteiger partial charge is 0.211 e. The van der Waals surface area contributed by atoms with Crippen LogP contribution in [-0.4, -0.2) is 25.8 Å². The summed E-state index contributed by atoms with van der Waals surface area (Å²) >= 11 is 5.51. The van der Waals surface area contributed by atoms with Crippen LogP contribution >= 0.6 is 11.6 Å². The number of halogens is 2. The SMILES string of the molecule is N#CCCCS(=O)(=O)NCC(O)c1ccc(Cl)c(F)c1. The Hall–Kier alpha value is -1.20. The number of hydrogen-bond donors (Lipinski definition) is 2. The highest BCUT2D eigenvalue weighted by Gasteiger charge is 2.15. The molecular weight excluding hydrogens is 307 g/mol. The Labute approximate surface area is 122 Å². The van der Waals surface area contributed by atoms with Crippen molar-refractivity contribution in [3.63, 3.8) is 0 Å². The molecule has 1 unspecified atom stereocenters. The third-order valence-corrected chi connectivity index (χ3v) is 4.27. The van der Waals surface area contributed by atoms with Crippen molar-refractivity contribution >= 4 is 21.6 Å². The van der Waals surface area contributed by atoms with Gasteiger partial charge in [-0.1, -0.05) is 17.7 Å². The van der Waals surface area contributed by atoms with Crippen molar-refractivity contribution in [1.29, 1.82) is 5.26 Å². The number of aliphatic hydroxyl groups is 1. The highest BCUT2D eigenvalue weighted by atomic mass is 35.5. The number of nitrogens with one attached hydrogen (secondary N) is 1. The Kier molecular flexibility index (Phi) is 6.36. The van der Waals surface area contributed by atoms with Gasteiger partial charge >= 0.3 is 0 Å². The molecule has 0 amide bonds. The standard InChI is InChI=1S/C12H14ClFN2O3S/c13-10-4-3-9(7-11(10)14)12(17)8-16-20(18,19)6-2-1-5-15/h3-4,7,12,16-17H,1-2,6,8H2. The average Bonchev–Trinajstić information content (AvgIpc) is 2.39. The van der Waals surface area contributed by atoms with Crippen LogP contribution in [0, 0.1) is 17.1 Å². The maximum atomic E-state index is 13.2. The molecule has 2 N–H and O–H groups in total. The molecule has 0 saturated carbocycles. The minimum atomic E-state index is -3.56. The summed E-state index contributed by atoms with van der Waals surface area (Å²) in [6.45, 7) is -0.268. The molecule has 0 aliphatic heterocycles. The van der Waals surface area contributed by atoms with Gasteiger partial charge in [0.05, 0.1) is 22.9 Å². The van der Waals surface area contributed by atoms with Gasteiger partial charge in [-0.25, -0.2) is 17.5 Å². The molecule has 1 atom stereocenters. The Morgan fingerprint density at radius 3 is 2.80 bits per heavy atom. The van der Waals surface area contributed by atoms with Crippen LogP contribution < -0.4 is 4.72 Å². The molecule has 0 aliphatic rings. The molecule has 0 bridgehead atoms. The minimum absolute atomic E-state index is 0.0713. The van der Waals surface area contributed by atoms with E-state index < -0.39 is 21.9 Å². The van der Waals surface area contributed by atoms with E-state index >= 15 is 0 Å². The van der Waals surface area contributed by atoms with E-state index in [1.807, 2.05) is 6.07 Å². The highest BCUT2D eigenvalue weighted by Crippen LogP contribution is 2.20. The molecule has 0 aliphatic carbocycles.